The Morgan fingerprint density at radius 3 is 2.67 bits per heavy atom. The maximum Gasteiger partial charge on any atom is 0.220 e. The van der Waals surface area contributed by atoms with Crippen LogP contribution >= 0.6 is 11.6 Å². The number of carbonyl (C=O) groups excluding carboxylic acids is 1. The van der Waals surface area contributed by atoms with Crippen molar-refractivity contribution in [3.8, 4) is 0 Å². The molecule has 1 saturated heterocycles. The molecule has 1 amide bonds. The smallest absolute Gasteiger partial charge is 0.220 e. The lowest BCUT2D eigenvalue weighted by molar-refractivity contribution is -0.124. The Kier molecular flexibility index (Phi) is 5.40. The third-order valence-electron chi connectivity index (χ3n) is 2.87. The van der Waals surface area contributed by atoms with Gasteiger partial charge in [0, 0.05) is 25.5 Å². The molecule has 15 heavy (non-hydrogen) atoms. The fourth-order valence-corrected chi connectivity index (χ4v) is 2.08. The summed E-state index contributed by atoms with van der Waals surface area (Å²) in [6, 6.07) is 0. The first-order valence-electron chi connectivity index (χ1n) is 5.67. The van der Waals surface area contributed by atoms with Crippen molar-refractivity contribution in [2.24, 2.45) is 0 Å². The highest BCUT2D eigenvalue weighted by molar-refractivity contribution is 6.18. The van der Waals surface area contributed by atoms with Gasteiger partial charge in [-0.2, -0.15) is 0 Å². The normalized spacial score (nSPS) is 19.9. The van der Waals surface area contributed by atoms with Crippen LogP contribution in [0.5, 0.6) is 0 Å². The van der Waals surface area contributed by atoms with E-state index in [2.05, 4.69) is 12.2 Å². The van der Waals surface area contributed by atoms with Crippen molar-refractivity contribution in [1.29, 1.82) is 0 Å². The van der Waals surface area contributed by atoms with E-state index in [1.807, 2.05) is 0 Å². The Balaban J connectivity index is 2.40. The van der Waals surface area contributed by atoms with Crippen molar-refractivity contribution in [3.63, 3.8) is 0 Å². The van der Waals surface area contributed by atoms with Gasteiger partial charge in [0.1, 0.15) is 0 Å². The van der Waals surface area contributed by atoms with Crippen LogP contribution < -0.4 is 5.32 Å². The highest BCUT2D eigenvalue weighted by atomic mass is 35.5. The van der Waals surface area contributed by atoms with E-state index in [0.717, 1.165) is 25.7 Å². The molecule has 0 aromatic heterocycles. The molecule has 0 aromatic carbocycles. The van der Waals surface area contributed by atoms with Crippen molar-refractivity contribution < 1.29 is 9.53 Å². The third kappa shape index (κ3) is 3.99. The summed E-state index contributed by atoms with van der Waals surface area (Å²) in [5.41, 5.74) is -0.218. The second kappa shape index (κ2) is 6.33. The SMILES string of the molecule is CCCCC(=O)NC1(CCl)CCOCC1. The van der Waals surface area contributed by atoms with Gasteiger partial charge < -0.3 is 10.1 Å². The van der Waals surface area contributed by atoms with Crippen molar-refractivity contribution in [3.05, 3.63) is 0 Å². The van der Waals surface area contributed by atoms with Gasteiger partial charge in [-0.1, -0.05) is 13.3 Å². The van der Waals surface area contributed by atoms with Gasteiger partial charge in [0.15, 0.2) is 0 Å². The zero-order valence-electron chi connectivity index (χ0n) is 9.35. The summed E-state index contributed by atoms with van der Waals surface area (Å²) in [4.78, 5) is 11.6. The number of hydrogen-bond donors (Lipinski definition) is 1. The summed E-state index contributed by atoms with van der Waals surface area (Å²) in [6.07, 6.45) is 4.25. The molecule has 0 spiro atoms. The van der Waals surface area contributed by atoms with Crippen LogP contribution in [0.3, 0.4) is 0 Å². The number of amides is 1. The Morgan fingerprint density at radius 1 is 1.47 bits per heavy atom. The summed E-state index contributed by atoms with van der Waals surface area (Å²) >= 11 is 5.94. The maximum atomic E-state index is 11.6. The second-order valence-corrected chi connectivity index (χ2v) is 4.45. The molecule has 3 nitrogen and oxygen atoms in total. The number of nitrogens with one attached hydrogen (secondary N) is 1. The fraction of sp³-hybridized carbons (Fsp3) is 0.909. The highest BCUT2D eigenvalue weighted by Crippen LogP contribution is 2.22. The third-order valence-corrected chi connectivity index (χ3v) is 3.38. The minimum absolute atomic E-state index is 0.124. The highest BCUT2D eigenvalue weighted by Gasteiger charge is 2.32. The van der Waals surface area contributed by atoms with Crippen molar-refractivity contribution in [2.75, 3.05) is 19.1 Å². The van der Waals surface area contributed by atoms with E-state index >= 15 is 0 Å². The lowest BCUT2D eigenvalue weighted by Crippen LogP contribution is -2.53. The molecule has 1 rings (SSSR count). The molecule has 1 fully saturated rings. The number of carbonyl (C=O) groups is 1. The summed E-state index contributed by atoms with van der Waals surface area (Å²) in [7, 11) is 0. The first-order valence-corrected chi connectivity index (χ1v) is 6.20. The van der Waals surface area contributed by atoms with Gasteiger partial charge in [-0.15, -0.1) is 11.6 Å². The Bertz CT molecular complexity index is 203. The van der Waals surface area contributed by atoms with Gasteiger partial charge in [-0.3, -0.25) is 4.79 Å². The average Bonchev–Trinajstić information content (AvgIpc) is 2.27. The molecule has 0 radical (unpaired) electrons. The zero-order valence-corrected chi connectivity index (χ0v) is 10.1. The quantitative estimate of drug-likeness (QED) is 0.739. The van der Waals surface area contributed by atoms with Crippen LogP contribution in [0.1, 0.15) is 39.0 Å². The van der Waals surface area contributed by atoms with E-state index in [0.29, 0.717) is 25.5 Å². The van der Waals surface area contributed by atoms with Crippen molar-refractivity contribution in [2.45, 2.75) is 44.6 Å². The molecular weight excluding hydrogens is 214 g/mol. The summed E-state index contributed by atoms with van der Waals surface area (Å²) in [6.45, 7) is 3.47. The van der Waals surface area contributed by atoms with E-state index in [4.69, 9.17) is 16.3 Å². The van der Waals surface area contributed by atoms with Crippen LogP contribution in [0.15, 0.2) is 0 Å². The number of hydrogen-bond acceptors (Lipinski definition) is 2. The molecule has 0 aromatic rings. The predicted molar refractivity (Wildman–Crippen MR) is 61.2 cm³/mol. The number of halogens is 1. The standard InChI is InChI=1S/C11H20ClNO2/c1-2-3-4-10(14)13-11(9-12)5-7-15-8-6-11/h2-9H2,1H3,(H,13,14). The molecule has 1 aliphatic rings. The molecule has 0 unspecified atom stereocenters. The van der Waals surface area contributed by atoms with E-state index in [9.17, 15) is 4.79 Å². The lowest BCUT2D eigenvalue weighted by atomic mass is 9.92. The van der Waals surface area contributed by atoms with Gasteiger partial charge in [0.25, 0.3) is 0 Å². The van der Waals surface area contributed by atoms with E-state index in [-0.39, 0.29) is 11.4 Å². The van der Waals surface area contributed by atoms with E-state index in [1.165, 1.54) is 0 Å². The van der Waals surface area contributed by atoms with Gasteiger partial charge in [0.2, 0.25) is 5.91 Å². The Labute approximate surface area is 96.5 Å². The Hall–Kier alpha value is -0.280. The van der Waals surface area contributed by atoms with Crippen LogP contribution in [0.4, 0.5) is 0 Å². The van der Waals surface area contributed by atoms with Gasteiger partial charge in [0.05, 0.1) is 5.54 Å². The van der Waals surface area contributed by atoms with Crippen LogP contribution in [0.25, 0.3) is 0 Å². The average molecular weight is 234 g/mol. The topological polar surface area (TPSA) is 38.3 Å². The summed E-state index contributed by atoms with van der Waals surface area (Å²) in [5, 5.41) is 3.07. The van der Waals surface area contributed by atoms with Crippen LogP contribution in [0, 0.1) is 0 Å². The van der Waals surface area contributed by atoms with Gasteiger partial charge >= 0.3 is 0 Å². The lowest BCUT2D eigenvalue weighted by Gasteiger charge is -2.36. The zero-order chi connectivity index (χ0) is 11.1. The monoisotopic (exact) mass is 233 g/mol. The summed E-state index contributed by atoms with van der Waals surface area (Å²) in [5.74, 6) is 0.605. The molecule has 1 aliphatic heterocycles. The molecule has 0 atom stereocenters. The molecule has 0 saturated carbocycles. The first kappa shape index (κ1) is 12.8. The molecule has 1 N–H and O–H groups in total. The van der Waals surface area contributed by atoms with Crippen molar-refractivity contribution in [1.82, 2.24) is 5.32 Å². The molecule has 0 aliphatic carbocycles. The van der Waals surface area contributed by atoms with Gasteiger partial charge in [-0.25, -0.2) is 0 Å². The number of alkyl halides is 1. The largest absolute Gasteiger partial charge is 0.381 e. The molecule has 0 bridgehead atoms. The van der Waals surface area contributed by atoms with Crippen molar-refractivity contribution >= 4 is 17.5 Å². The number of ether oxygens (including phenoxy) is 1. The molecule has 4 heteroatoms. The molecule has 88 valence electrons. The minimum atomic E-state index is -0.218. The number of rotatable bonds is 5. The van der Waals surface area contributed by atoms with Crippen LogP contribution in [-0.2, 0) is 9.53 Å². The second-order valence-electron chi connectivity index (χ2n) is 4.18. The predicted octanol–water partition coefficient (Wildman–Crippen LogP) is 2.08. The van der Waals surface area contributed by atoms with Crippen LogP contribution in [0.2, 0.25) is 0 Å². The molecule has 1 heterocycles. The minimum Gasteiger partial charge on any atom is -0.381 e. The number of unbranched alkanes of at least 4 members (excludes halogenated alkanes) is 1. The van der Waals surface area contributed by atoms with Crippen LogP contribution in [-0.4, -0.2) is 30.5 Å². The fourth-order valence-electron chi connectivity index (χ4n) is 1.75. The molecular formula is C11H20ClNO2. The summed E-state index contributed by atoms with van der Waals surface area (Å²) < 4.78 is 5.28. The first-order chi connectivity index (χ1) is 7.22. The maximum absolute atomic E-state index is 11.6. The Morgan fingerprint density at radius 2 is 2.13 bits per heavy atom. The van der Waals surface area contributed by atoms with E-state index in [1.54, 1.807) is 0 Å². The van der Waals surface area contributed by atoms with E-state index < -0.39 is 0 Å². The van der Waals surface area contributed by atoms with Gasteiger partial charge in [-0.05, 0) is 19.3 Å².